The molecule has 0 saturated carbocycles. The zero-order valence-corrected chi connectivity index (χ0v) is 16.2. The van der Waals surface area contributed by atoms with Gasteiger partial charge in [0.2, 0.25) is 5.91 Å². The van der Waals surface area contributed by atoms with E-state index < -0.39 is 6.04 Å². The van der Waals surface area contributed by atoms with Gasteiger partial charge in [-0.05, 0) is 30.9 Å². The molecule has 3 N–H and O–H groups in total. The van der Waals surface area contributed by atoms with Gasteiger partial charge < -0.3 is 16.0 Å². The van der Waals surface area contributed by atoms with Gasteiger partial charge in [0.05, 0.1) is 6.04 Å². The van der Waals surface area contributed by atoms with E-state index in [2.05, 4.69) is 29.3 Å². The van der Waals surface area contributed by atoms with E-state index in [1.54, 1.807) is 0 Å². The minimum Gasteiger partial charge on any atom is -0.372 e. The number of carbonyl (C=O) groups excluding carboxylic acids is 1. The SMILES string of the molecule is CCN(CCCNC(=O)[C@@H](N)C(C)(C)C)c1ccccc1.Cl.Cl. The molecular formula is C17H31Cl2N3O. The monoisotopic (exact) mass is 363 g/mol. The van der Waals surface area contributed by atoms with E-state index >= 15 is 0 Å². The topological polar surface area (TPSA) is 58.4 Å². The van der Waals surface area contributed by atoms with E-state index in [4.69, 9.17) is 5.73 Å². The van der Waals surface area contributed by atoms with Crippen molar-refractivity contribution in [3.05, 3.63) is 30.3 Å². The van der Waals surface area contributed by atoms with Crippen LogP contribution in [0.3, 0.4) is 0 Å². The lowest BCUT2D eigenvalue weighted by Gasteiger charge is -2.26. The van der Waals surface area contributed by atoms with Gasteiger partial charge in [-0.25, -0.2) is 0 Å². The Hall–Kier alpha value is -0.970. The maximum Gasteiger partial charge on any atom is 0.237 e. The molecule has 0 saturated heterocycles. The number of benzene rings is 1. The summed E-state index contributed by atoms with van der Waals surface area (Å²) in [6.45, 7) is 10.6. The second-order valence-corrected chi connectivity index (χ2v) is 6.40. The molecule has 0 spiro atoms. The van der Waals surface area contributed by atoms with Crippen molar-refractivity contribution in [1.29, 1.82) is 0 Å². The van der Waals surface area contributed by atoms with E-state index in [1.165, 1.54) is 5.69 Å². The normalized spacial score (nSPS) is 11.7. The van der Waals surface area contributed by atoms with Crippen molar-refractivity contribution in [3.8, 4) is 0 Å². The van der Waals surface area contributed by atoms with E-state index in [0.29, 0.717) is 6.54 Å². The molecule has 1 aromatic rings. The van der Waals surface area contributed by atoms with Crippen molar-refractivity contribution in [2.75, 3.05) is 24.5 Å². The zero-order chi connectivity index (χ0) is 15.9. The summed E-state index contributed by atoms with van der Waals surface area (Å²) >= 11 is 0. The second kappa shape index (κ2) is 11.5. The van der Waals surface area contributed by atoms with Gasteiger partial charge in [0.1, 0.15) is 0 Å². The fraction of sp³-hybridized carbons (Fsp3) is 0.588. The largest absolute Gasteiger partial charge is 0.372 e. The van der Waals surface area contributed by atoms with Crippen LogP contribution in [0.2, 0.25) is 0 Å². The predicted molar refractivity (Wildman–Crippen MR) is 104 cm³/mol. The average molecular weight is 364 g/mol. The number of nitrogens with one attached hydrogen (secondary N) is 1. The van der Waals surface area contributed by atoms with Gasteiger partial charge in [-0.3, -0.25) is 4.79 Å². The lowest BCUT2D eigenvalue weighted by atomic mass is 9.87. The summed E-state index contributed by atoms with van der Waals surface area (Å²) in [4.78, 5) is 14.2. The lowest BCUT2D eigenvalue weighted by Crippen LogP contribution is -2.49. The van der Waals surface area contributed by atoms with E-state index in [-0.39, 0.29) is 36.1 Å². The van der Waals surface area contributed by atoms with Gasteiger partial charge in [-0.2, -0.15) is 0 Å². The van der Waals surface area contributed by atoms with Crippen molar-refractivity contribution in [2.24, 2.45) is 11.1 Å². The molecule has 0 unspecified atom stereocenters. The minimum atomic E-state index is -0.464. The standard InChI is InChI=1S/C17H29N3O.2ClH/c1-5-20(14-10-7-6-8-11-14)13-9-12-19-16(21)15(18)17(2,3)4;;/h6-8,10-11,15H,5,9,12-13,18H2,1-4H3,(H,19,21);2*1H/t15-;;/m1../s1. The van der Waals surface area contributed by atoms with Crippen molar-refractivity contribution < 1.29 is 4.79 Å². The summed E-state index contributed by atoms with van der Waals surface area (Å²) in [7, 11) is 0. The predicted octanol–water partition coefficient (Wildman–Crippen LogP) is 3.24. The van der Waals surface area contributed by atoms with Crippen LogP contribution >= 0.6 is 24.8 Å². The first kappa shape index (κ1) is 24.3. The van der Waals surface area contributed by atoms with Gasteiger partial charge in [0.25, 0.3) is 0 Å². The summed E-state index contributed by atoms with van der Waals surface area (Å²) in [5, 5.41) is 2.93. The number of rotatable bonds is 7. The molecule has 23 heavy (non-hydrogen) atoms. The number of nitrogens with zero attached hydrogens (tertiary/aromatic N) is 1. The fourth-order valence-electron chi connectivity index (χ4n) is 2.09. The molecule has 0 aliphatic carbocycles. The van der Waals surface area contributed by atoms with Crippen LogP contribution < -0.4 is 16.0 Å². The Morgan fingerprint density at radius 1 is 1.22 bits per heavy atom. The molecule has 0 aliphatic heterocycles. The third-order valence-corrected chi connectivity index (χ3v) is 3.62. The first-order valence-corrected chi connectivity index (χ1v) is 7.69. The first-order valence-electron chi connectivity index (χ1n) is 7.69. The number of anilines is 1. The molecule has 1 rings (SSSR count). The summed E-state index contributed by atoms with van der Waals surface area (Å²) in [5.74, 6) is -0.0646. The van der Waals surface area contributed by atoms with Gasteiger partial charge >= 0.3 is 0 Å². The van der Waals surface area contributed by atoms with Crippen LogP contribution in [0.4, 0.5) is 5.69 Å². The molecule has 0 aliphatic rings. The summed E-state index contributed by atoms with van der Waals surface area (Å²) in [6.07, 6.45) is 0.908. The number of hydrogen-bond donors (Lipinski definition) is 2. The molecule has 6 heteroatoms. The van der Waals surface area contributed by atoms with Crippen LogP contribution in [0.25, 0.3) is 0 Å². The van der Waals surface area contributed by atoms with E-state index in [9.17, 15) is 4.79 Å². The average Bonchev–Trinajstić information content (AvgIpc) is 2.46. The highest BCUT2D eigenvalue weighted by molar-refractivity contribution is 5.85. The second-order valence-electron chi connectivity index (χ2n) is 6.40. The molecule has 134 valence electrons. The Kier molecular flexibility index (Phi) is 12.2. The maximum absolute atomic E-state index is 11.9. The summed E-state index contributed by atoms with van der Waals surface area (Å²) in [5.41, 5.74) is 6.95. The Morgan fingerprint density at radius 3 is 2.26 bits per heavy atom. The van der Waals surface area contributed by atoms with Crippen molar-refractivity contribution in [3.63, 3.8) is 0 Å². The quantitative estimate of drug-likeness (QED) is 0.731. The molecule has 0 radical (unpaired) electrons. The lowest BCUT2D eigenvalue weighted by molar-refractivity contribution is -0.124. The van der Waals surface area contributed by atoms with E-state index in [0.717, 1.165) is 19.5 Å². The molecule has 0 fully saturated rings. The highest BCUT2D eigenvalue weighted by Crippen LogP contribution is 2.17. The van der Waals surface area contributed by atoms with Crippen LogP contribution in [0.15, 0.2) is 30.3 Å². The first-order chi connectivity index (χ1) is 9.86. The molecule has 0 aromatic heterocycles. The Bertz CT molecular complexity index is 435. The Labute approximate surface area is 153 Å². The van der Waals surface area contributed by atoms with Crippen LogP contribution in [0, 0.1) is 5.41 Å². The molecule has 0 heterocycles. The number of para-hydroxylation sites is 1. The van der Waals surface area contributed by atoms with Gasteiger partial charge in [0, 0.05) is 25.3 Å². The number of amides is 1. The van der Waals surface area contributed by atoms with Crippen molar-refractivity contribution in [2.45, 2.75) is 40.2 Å². The van der Waals surface area contributed by atoms with Crippen LogP contribution in [-0.4, -0.2) is 31.6 Å². The molecule has 1 atom stereocenters. The van der Waals surface area contributed by atoms with Crippen LogP contribution in [0.5, 0.6) is 0 Å². The third kappa shape index (κ3) is 8.45. The van der Waals surface area contributed by atoms with Gasteiger partial charge in [0.15, 0.2) is 0 Å². The maximum atomic E-state index is 11.9. The summed E-state index contributed by atoms with van der Waals surface area (Å²) in [6, 6.07) is 9.86. The minimum absolute atomic E-state index is 0. The molecule has 1 aromatic carbocycles. The molecule has 0 bridgehead atoms. The Balaban J connectivity index is 0. The van der Waals surface area contributed by atoms with Crippen molar-refractivity contribution in [1.82, 2.24) is 5.32 Å². The number of hydrogen-bond acceptors (Lipinski definition) is 3. The van der Waals surface area contributed by atoms with Gasteiger partial charge in [-0.1, -0.05) is 39.0 Å². The third-order valence-electron chi connectivity index (χ3n) is 3.62. The van der Waals surface area contributed by atoms with Crippen molar-refractivity contribution >= 4 is 36.4 Å². The molecular weight excluding hydrogens is 333 g/mol. The Morgan fingerprint density at radius 2 is 1.78 bits per heavy atom. The molecule has 4 nitrogen and oxygen atoms in total. The fourth-order valence-corrected chi connectivity index (χ4v) is 2.09. The highest BCUT2D eigenvalue weighted by atomic mass is 35.5. The number of carbonyl (C=O) groups is 1. The highest BCUT2D eigenvalue weighted by Gasteiger charge is 2.26. The number of halogens is 2. The van der Waals surface area contributed by atoms with Crippen LogP contribution in [-0.2, 0) is 4.79 Å². The van der Waals surface area contributed by atoms with E-state index in [1.807, 2.05) is 39.0 Å². The van der Waals surface area contributed by atoms with Gasteiger partial charge in [-0.15, -0.1) is 24.8 Å². The molecule has 1 amide bonds. The summed E-state index contributed by atoms with van der Waals surface area (Å²) < 4.78 is 0. The van der Waals surface area contributed by atoms with Crippen LogP contribution in [0.1, 0.15) is 34.1 Å². The number of nitrogens with two attached hydrogens (primary N) is 1. The smallest absolute Gasteiger partial charge is 0.237 e. The zero-order valence-electron chi connectivity index (χ0n) is 14.5.